The first kappa shape index (κ1) is 81.7. The number of nitriles is 3. The molecule has 7 fully saturated rings. The fourth-order valence-corrected chi connectivity index (χ4v) is 14.5. The van der Waals surface area contributed by atoms with Crippen LogP contribution in [0.2, 0.25) is 0 Å². The number of benzene rings is 5. The van der Waals surface area contributed by atoms with Crippen molar-refractivity contribution >= 4 is 46.3 Å². The van der Waals surface area contributed by atoms with Gasteiger partial charge in [0, 0.05) is 130 Å². The van der Waals surface area contributed by atoms with Gasteiger partial charge in [-0.25, -0.2) is 29.9 Å². The van der Waals surface area contributed by atoms with Crippen molar-refractivity contribution in [2.75, 3.05) is 154 Å². The molecule has 7 saturated heterocycles. The van der Waals surface area contributed by atoms with Crippen LogP contribution >= 0.6 is 0 Å². The van der Waals surface area contributed by atoms with Crippen LogP contribution < -0.4 is 50.3 Å². The molecular weight excluding hydrogens is 1480 g/mol. The number of nitrogens with one attached hydrogen (secondary N) is 3. The number of anilines is 6. The second-order valence-electron chi connectivity index (χ2n) is 28.5. The Hall–Kier alpha value is -12.3. The molecule has 15 rings (SSSR count). The van der Waals surface area contributed by atoms with E-state index in [9.17, 15) is 25.4 Å². The van der Waals surface area contributed by atoms with Crippen LogP contribution in [0.4, 0.5) is 34.5 Å². The molecule has 5 aromatic carbocycles. The zero-order valence-corrected chi connectivity index (χ0v) is 65.2. The van der Waals surface area contributed by atoms with Gasteiger partial charge in [-0.3, -0.25) is 19.4 Å². The third kappa shape index (κ3) is 21.2. The maximum atomic E-state index is 11.8. The Morgan fingerprint density at radius 2 is 1.03 bits per heavy atom. The van der Waals surface area contributed by atoms with Crippen LogP contribution in [0.5, 0.6) is 28.7 Å². The lowest BCUT2D eigenvalue weighted by Gasteiger charge is -2.43. The Labute approximate surface area is 674 Å². The predicted molar refractivity (Wildman–Crippen MR) is 433 cm³/mol. The van der Waals surface area contributed by atoms with Gasteiger partial charge in [0.15, 0.2) is 17.5 Å². The van der Waals surface area contributed by atoms with E-state index >= 15 is 0 Å². The number of piperidine rings is 1. The van der Waals surface area contributed by atoms with E-state index in [2.05, 4.69) is 98.6 Å². The van der Waals surface area contributed by atoms with E-state index in [4.69, 9.17) is 63.2 Å². The molecule has 8 aromatic rings. The maximum absolute atomic E-state index is 11.8. The van der Waals surface area contributed by atoms with Crippen LogP contribution in [0.15, 0.2) is 164 Å². The first-order valence-electron chi connectivity index (χ1n) is 38.9. The van der Waals surface area contributed by atoms with Gasteiger partial charge in [-0.2, -0.15) is 15.8 Å². The number of nitrogens with two attached hydrogens (primary N) is 1. The molecule has 0 bridgehead atoms. The summed E-state index contributed by atoms with van der Waals surface area (Å²) in [5.74, 6) is 6.18. The summed E-state index contributed by atoms with van der Waals surface area (Å²) in [4.78, 5) is 59.3. The average molecular weight is 1570 g/mol. The molecule has 10 heterocycles. The summed E-state index contributed by atoms with van der Waals surface area (Å²) in [5, 5.41) is 48.0. The molecule has 0 radical (unpaired) electrons. The van der Waals surface area contributed by atoms with Gasteiger partial charge in [0.05, 0.1) is 121 Å². The molecule has 602 valence electrons. The van der Waals surface area contributed by atoms with Crippen LogP contribution in [0.25, 0.3) is 34.2 Å². The topological polar surface area (TPSA) is 370 Å². The lowest BCUT2D eigenvalue weighted by molar-refractivity contribution is -0.133. The van der Waals surface area contributed by atoms with Crippen LogP contribution in [0, 0.1) is 34.0 Å². The minimum absolute atomic E-state index is 0.0393. The molecule has 3 aromatic heterocycles. The summed E-state index contributed by atoms with van der Waals surface area (Å²) >= 11 is 0. The number of ether oxygens (including phenoxy) is 10. The van der Waals surface area contributed by atoms with E-state index in [-0.39, 0.29) is 35.6 Å². The number of carbonyl (C=O) groups is 2. The highest BCUT2D eigenvalue weighted by molar-refractivity contribution is 5.96. The number of aliphatic hydroxyl groups is 1. The number of likely N-dealkylation sites (tertiary alicyclic amines) is 2. The summed E-state index contributed by atoms with van der Waals surface area (Å²) in [6, 6.07) is 41.5. The summed E-state index contributed by atoms with van der Waals surface area (Å²) in [7, 11) is 4.82. The molecule has 30 heteroatoms. The van der Waals surface area contributed by atoms with Crippen molar-refractivity contribution in [3.8, 4) is 81.1 Å². The second-order valence-corrected chi connectivity index (χ2v) is 28.5. The standard InChI is InChI=1S/C31H35N7O5.C31H35N5O4.C24H25N5O4/c1-41-28-15-23(3-4-26(28)37-12-10-36(11-13-37)24-19-42-20-24)34-29-6-8-33-31(35-29)21-2-5-27(22(14-21)16-32)43-25-7-9-38(17-25)30(40)18-39;1-37-29-17-24(3-4-27(29)21-7-12-36(13-8-21)25-19-39-20-25)34-30-6-11-33-31(35-30)22-2-5-28(23(16-22)18-32)40-26-9-14-38-15-10-26;1-16(31-2)20(23(26)30)4-3-10-27-22-7-11-28-24(29-22)17-5-6-21(18(14-17)15-25)33-19-8-12-32-13-9-19/h2-6,8,14-15,24-25,39H,7,9-13,17-20H2,1H3,(H,33,34,35);2-6,11,16-17,21,25-26H,7-10,12-15,19-20H2,1H3,(H,33,34,35);3-7,10-11,14,19H,1,8-9,12-13H2,2H3,(H2,26,30)(H,27,28,29)/b;;10-3+,20-4+/t25-;;/m1../s1. The van der Waals surface area contributed by atoms with Gasteiger partial charge in [0.2, 0.25) is 5.91 Å². The quantitative estimate of drug-likeness (QED) is 0.0191. The normalized spacial score (nSPS) is 17.7. The SMILES string of the molecule is C=C(OC)/C(=C\C=C\Nc1ccnc(-c2ccc(OC3CCOCC3)c(C#N)c2)n1)C(N)=O.COc1cc(Nc2ccnc(-c3ccc(OC4CCOCC4)c(C#N)c3)n2)ccc1C1CCN(C2COC2)CC1.COc1cc(Nc2ccnc(-c3ccc(O[C@@H]4CCN(C(=O)CO)C4)c(C#N)c3)n2)ccc1N1CCN(C2COC2)CC1. The van der Waals surface area contributed by atoms with E-state index in [0.717, 1.165) is 138 Å². The van der Waals surface area contributed by atoms with Crippen LogP contribution in [0.1, 0.15) is 73.1 Å². The summed E-state index contributed by atoms with van der Waals surface area (Å²) in [6.07, 6.45) is 15.6. The van der Waals surface area contributed by atoms with E-state index in [1.165, 1.54) is 18.7 Å². The van der Waals surface area contributed by atoms with Crippen molar-refractivity contribution in [2.45, 2.75) is 81.3 Å². The molecule has 0 saturated carbocycles. The number of aromatic nitrogens is 6. The fraction of sp³-hybridized carbons (Fsp3) is 0.384. The van der Waals surface area contributed by atoms with E-state index in [0.29, 0.717) is 144 Å². The van der Waals surface area contributed by atoms with E-state index in [1.807, 2.05) is 48.5 Å². The van der Waals surface area contributed by atoms with Crippen LogP contribution in [0.3, 0.4) is 0 Å². The molecule has 116 heavy (non-hydrogen) atoms. The molecule has 0 spiro atoms. The highest BCUT2D eigenvalue weighted by atomic mass is 16.5. The van der Waals surface area contributed by atoms with Crippen molar-refractivity contribution < 1.29 is 62.1 Å². The third-order valence-electron chi connectivity index (χ3n) is 21.2. The van der Waals surface area contributed by atoms with Crippen molar-refractivity contribution in [1.82, 2.24) is 44.6 Å². The fourth-order valence-electron chi connectivity index (χ4n) is 14.5. The second kappa shape index (κ2) is 40.1. The van der Waals surface area contributed by atoms with Gasteiger partial charge >= 0.3 is 0 Å². The molecule has 2 amide bonds. The molecule has 30 nitrogen and oxygen atoms in total. The summed E-state index contributed by atoms with van der Waals surface area (Å²) in [6.45, 7) is 16.2. The number of allylic oxidation sites excluding steroid dienone is 2. The van der Waals surface area contributed by atoms with Gasteiger partial charge in [-0.15, -0.1) is 0 Å². The Morgan fingerprint density at radius 1 is 0.552 bits per heavy atom. The Bertz CT molecular complexity index is 4940. The van der Waals surface area contributed by atoms with Gasteiger partial charge < -0.3 is 84.0 Å². The van der Waals surface area contributed by atoms with Crippen molar-refractivity contribution in [3.63, 3.8) is 0 Å². The van der Waals surface area contributed by atoms with Crippen molar-refractivity contribution in [3.05, 3.63) is 186 Å². The van der Waals surface area contributed by atoms with Crippen LogP contribution in [-0.4, -0.2) is 225 Å². The number of amides is 2. The third-order valence-corrected chi connectivity index (χ3v) is 21.2. The minimum Gasteiger partial charge on any atom is -0.497 e. The average Bonchev–Trinajstić information content (AvgIpc) is 0.888. The Balaban J connectivity index is 0.000000153. The van der Waals surface area contributed by atoms with Gasteiger partial charge in [-0.05, 0) is 141 Å². The minimum atomic E-state index is -0.645. The Kier molecular flexibility index (Phi) is 28.3. The zero-order chi connectivity index (χ0) is 80.7. The predicted octanol–water partition coefficient (Wildman–Crippen LogP) is 10.2. The first-order valence-corrected chi connectivity index (χ1v) is 38.9. The number of primary amides is 1. The number of methoxy groups -OCH3 is 3. The number of hydrogen-bond donors (Lipinski definition) is 5. The Morgan fingerprint density at radius 3 is 1.49 bits per heavy atom. The molecule has 1 atom stereocenters. The van der Waals surface area contributed by atoms with Crippen LogP contribution in [-0.2, 0) is 33.3 Å². The van der Waals surface area contributed by atoms with Crippen molar-refractivity contribution in [2.24, 2.45) is 5.73 Å². The maximum Gasteiger partial charge on any atom is 0.252 e. The van der Waals surface area contributed by atoms with Crippen molar-refractivity contribution in [1.29, 1.82) is 15.8 Å². The van der Waals surface area contributed by atoms with E-state index < -0.39 is 12.5 Å². The number of nitrogens with zero attached hydrogens (tertiary/aromatic N) is 13. The van der Waals surface area contributed by atoms with Gasteiger partial charge in [0.1, 0.15) is 95.1 Å². The summed E-state index contributed by atoms with van der Waals surface area (Å²) in [5.41, 5.74) is 12.9. The highest BCUT2D eigenvalue weighted by Gasteiger charge is 2.34. The molecule has 0 unspecified atom stereocenters. The number of carbonyl (C=O) groups excluding carboxylic acids is 2. The highest BCUT2D eigenvalue weighted by Crippen LogP contribution is 2.39. The van der Waals surface area contributed by atoms with Gasteiger partial charge in [0.25, 0.3) is 5.91 Å². The van der Waals surface area contributed by atoms with E-state index in [1.54, 1.807) is 92.5 Å². The molecule has 0 aliphatic carbocycles. The lowest BCUT2D eigenvalue weighted by Crippen LogP contribution is -2.56. The molecular formula is C86H95N17O13. The molecule has 6 N–H and O–H groups in total. The number of piperazine rings is 1. The smallest absolute Gasteiger partial charge is 0.252 e. The monoisotopic (exact) mass is 1570 g/mol. The summed E-state index contributed by atoms with van der Waals surface area (Å²) < 4.78 is 56.1. The lowest BCUT2D eigenvalue weighted by atomic mass is 9.88. The number of hydrogen-bond acceptors (Lipinski definition) is 28. The number of rotatable bonds is 26. The molecule has 7 aliphatic heterocycles. The largest absolute Gasteiger partial charge is 0.497 e. The number of aliphatic hydroxyl groups excluding tert-OH is 1. The first-order chi connectivity index (χ1) is 56.7. The van der Waals surface area contributed by atoms with Gasteiger partial charge in [-0.1, -0.05) is 12.6 Å². The zero-order valence-electron chi connectivity index (χ0n) is 65.2. The molecule has 7 aliphatic rings.